The monoisotopic (exact) mass is 245 g/mol. The fraction of sp³-hybridized carbons (Fsp3) is 0.545. The molecule has 1 saturated heterocycles. The number of halogens is 3. The maximum atomic E-state index is 12.4. The molecular formula is C11H14F3N3. The van der Waals surface area contributed by atoms with Crippen molar-refractivity contribution < 1.29 is 13.2 Å². The highest BCUT2D eigenvalue weighted by molar-refractivity contribution is 5.42. The maximum Gasteiger partial charge on any atom is 0.417 e. The molecule has 0 saturated carbocycles. The SMILES string of the molecule is NC[C@@H]1CCCN1c1ccc(C(F)(F)F)cn1. The minimum atomic E-state index is -4.33. The van der Waals surface area contributed by atoms with Crippen LogP contribution in [0.4, 0.5) is 19.0 Å². The van der Waals surface area contributed by atoms with Gasteiger partial charge in [-0.2, -0.15) is 13.2 Å². The molecule has 1 atom stereocenters. The summed E-state index contributed by atoms with van der Waals surface area (Å²) in [5.74, 6) is 0.575. The third kappa shape index (κ3) is 2.52. The maximum absolute atomic E-state index is 12.4. The van der Waals surface area contributed by atoms with Gasteiger partial charge in [-0.3, -0.25) is 0 Å². The number of hydrogen-bond donors (Lipinski definition) is 1. The lowest BCUT2D eigenvalue weighted by Crippen LogP contribution is -2.35. The number of nitrogens with two attached hydrogens (primary N) is 1. The Morgan fingerprint density at radius 2 is 2.18 bits per heavy atom. The van der Waals surface area contributed by atoms with Crippen molar-refractivity contribution in [1.82, 2.24) is 4.98 Å². The van der Waals surface area contributed by atoms with Gasteiger partial charge in [0.2, 0.25) is 0 Å². The van der Waals surface area contributed by atoms with Crippen LogP contribution in [0, 0.1) is 0 Å². The van der Waals surface area contributed by atoms with Gasteiger partial charge in [0.1, 0.15) is 5.82 Å². The van der Waals surface area contributed by atoms with Gasteiger partial charge in [-0.15, -0.1) is 0 Å². The van der Waals surface area contributed by atoms with Gasteiger partial charge in [-0.25, -0.2) is 4.98 Å². The Morgan fingerprint density at radius 1 is 1.41 bits per heavy atom. The van der Waals surface area contributed by atoms with Crippen molar-refractivity contribution in [2.75, 3.05) is 18.0 Å². The summed E-state index contributed by atoms with van der Waals surface area (Å²) >= 11 is 0. The molecule has 0 aromatic carbocycles. The number of alkyl halides is 3. The highest BCUT2D eigenvalue weighted by atomic mass is 19.4. The lowest BCUT2D eigenvalue weighted by Gasteiger charge is -2.24. The van der Waals surface area contributed by atoms with Gasteiger partial charge >= 0.3 is 6.18 Å². The quantitative estimate of drug-likeness (QED) is 0.866. The molecule has 1 aliphatic heterocycles. The Morgan fingerprint density at radius 3 is 2.71 bits per heavy atom. The molecule has 0 aliphatic carbocycles. The minimum absolute atomic E-state index is 0.194. The predicted molar refractivity (Wildman–Crippen MR) is 58.7 cm³/mol. The fourth-order valence-electron chi connectivity index (χ4n) is 2.11. The van der Waals surface area contributed by atoms with Crippen molar-refractivity contribution in [2.45, 2.75) is 25.1 Å². The molecule has 2 heterocycles. The zero-order valence-corrected chi connectivity index (χ0v) is 9.24. The van der Waals surface area contributed by atoms with Crippen LogP contribution < -0.4 is 10.6 Å². The topological polar surface area (TPSA) is 42.1 Å². The van der Waals surface area contributed by atoms with E-state index in [-0.39, 0.29) is 6.04 Å². The predicted octanol–water partition coefficient (Wildman–Crippen LogP) is 2.03. The first-order valence-electron chi connectivity index (χ1n) is 5.52. The molecule has 3 nitrogen and oxygen atoms in total. The molecule has 2 N–H and O–H groups in total. The van der Waals surface area contributed by atoms with Crippen molar-refractivity contribution in [1.29, 1.82) is 0 Å². The first kappa shape index (κ1) is 12.2. The van der Waals surface area contributed by atoms with E-state index in [4.69, 9.17) is 5.73 Å². The van der Waals surface area contributed by atoms with E-state index in [0.29, 0.717) is 12.4 Å². The van der Waals surface area contributed by atoms with Crippen molar-refractivity contribution in [3.8, 4) is 0 Å². The first-order valence-corrected chi connectivity index (χ1v) is 5.52. The largest absolute Gasteiger partial charge is 0.417 e. The fourth-order valence-corrected chi connectivity index (χ4v) is 2.11. The van der Waals surface area contributed by atoms with Gasteiger partial charge in [-0.1, -0.05) is 0 Å². The average Bonchev–Trinajstić information content (AvgIpc) is 2.76. The molecule has 1 aromatic heterocycles. The van der Waals surface area contributed by atoms with Crippen molar-refractivity contribution in [3.63, 3.8) is 0 Å². The lowest BCUT2D eigenvalue weighted by atomic mass is 10.2. The van der Waals surface area contributed by atoms with Crippen LogP contribution in [0.15, 0.2) is 18.3 Å². The highest BCUT2D eigenvalue weighted by Crippen LogP contribution is 2.30. The Hall–Kier alpha value is -1.30. The van der Waals surface area contributed by atoms with E-state index in [1.807, 2.05) is 4.90 Å². The lowest BCUT2D eigenvalue weighted by molar-refractivity contribution is -0.137. The summed E-state index contributed by atoms with van der Waals surface area (Å²) in [7, 11) is 0. The molecule has 6 heteroatoms. The molecule has 2 rings (SSSR count). The van der Waals surface area contributed by atoms with Crippen LogP contribution in [0.2, 0.25) is 0 Å². The van der Waals surface area contributed by atoms with Crippen LogP contribution in [0.3, 0.4) is 0 Å². The summed E-state index contributed by atoms with van der Waals surface area (Å²) in [5.41, 5.74) is 4.89. The summed E-state index contributed by atoms with van der Waals surface area (Å²) < 4.78 is 37.1. The van der Waals surface area contributed by atoms with E-state index in [1.54, 1.807) is 0 Å². The van der Waals surface area contributed by atoms with E-state index >= 15 is 0 Å². The molecule has 1 aliphatic rings. The van der Waals surface area contributed by atoms with Crippen LogP contribution >= 0.6 is 0 Å². The molecule has 1 aromatic rings. The van der Waals surface area contributed by atoms with Gasteiger partial charge in [0.05, 0.1) is 5.56 Å². The van der Waals surface area contributed by atoms with Crippen LogP contribution in [0.25, 0.3) is 0 Å². The Balaban J connectivity index is 2.18. The van der Waals surface area contributed by atoms with E-state index in [0.717, 1.165) is 31.6 Å². The number of hydrogen-bond acceptors (Lipinski definition) is 3. The standard InChI is InChI=1S/C11H14F3N3/c12-11(13,14)8-3-4-10(16-7-8)17-5-1-2-9(17)6-15/h3-4,7,9H,1-2,5-6,15H2/t9-/m0/s1. The second-order valence-corrected chi connectivity index (χ2v) is 4.13. The third-order valence-electron chi connectivity index (χ3n) is 3.02. The Bertz CT molecular complexity index is 375. The molecule has 0 radical (unpaired) electrons. The summed E-state index contributed by atoms with van der Waals surface area (Å²) in [6.07, 6.45) is -1.48. The summed E-state index contributed by atoms with van der Waals surface area (Å²) in [4.78, 5) is 5.85. The molecule has 94 valence electrons. The van der Waals surface area contributed by atoms with E-state index < -0.39 is 11.7 Å². The van der Waals surface area contributed by atoms with Crippen molar-refractivity contribution in [2.24, 2.45) is 5.73 Å². The Labute approximate surface area is 97.4 Å². The minimum Gasteiger partial charge on any atom is -0.352 e. The molecule has 0 amide bonds. The zero-order valence-electron chi connectivity index (χ0n) is 9.24. The normalized spacial score (nSPS) is 20.9. The molecular weight excluding hydrogens is 231 g/mol. The second kappa shape index (κ2) is 4.52. The van der Waals surface area contributed by atoms with Gasteiger partial charge in [0.15, 0.2) is 0 Å². The van der Waals surface area contributed by atoms with E-state index in [2.05, 4.69) is 4.98 Å². The smallest absolute Gasteiger partial charge is 0.352 e. The van der Waals surface area contributed by atoms with E-state index in [9.17, 15) is 13.2 Å². The molecule has 1 fully saturated rings. The summed E-state index contributed by atoms with van der Waals surface area (Å²) in [6, 6.07) is 2.67. The molecule has 0 unspecified atom stereocenters. The van der Waals surface area contributed by atoms with Crippen LogP contribution in [0.1, 0.15) is 18.4 Å². The molecule has 0 bridgehead atoms. The highest BCUT2D eigenvalue weighted by Gasteiger charge is 2.31. The number of anilines is 1. The number of aromatic nitrogens is 1. The average molecular weight is 245 g/mol. The molecule has 17 heavy (non-hydrogen) atoms. The molecule has 0 spiro atoms. The van der Waals surface area contributed by atoms with Crippen molar-refractivity contribution in [3.05, 3.63) is 23.9 Å². The first-order chi connectivity index (χ1) is 8.02. The Kier molecular flexibility index (Phi) is 3.24. The van der Waals surface area contributed by atoms with Crippen LogP contribution in [-0.2, 0) is 6.18 Å². The second-order valence-electron chi connectivity index (χ2n) is 4.13. The number of rotatable bonds is 2. The van der Waals surface area contributed by atoms with Crippen LogP contribution in [0.5, 0.6) is 0 Å². The summed E-state index contributed by atoms with van der Waals surface area (Å²) in [5, 5.41) is 0. The van der Waals surface area contributed by atoms with E-state index in [1.165, 1.54) is 6.07 Å². The van der Waals surface area contributed by atoms with Gasteiger partial charge in [0.25, 0.3) is 0 Å². The van der Waals surface area contributed by atoms with Gasteiger partial charge in [-0.05, 0) is 25.0 Å². The third-order valence-corrected chi connectivity index (χ3v) is 3.02. The van der Waals surface area contributed by atoms with Crippen LogP contribution in [-0.4, -0.2) is 24.1 Å². The number of nitrogens with zero attached hydrogens (tertiary/aromatic N) is 2. The zero-order chi connectivity index (χ0) is 12.5. The van der Waals surface area contributed by atoms with Gasteiger partial charge in [0, 0.05) is 25.3 Å². The van der Waals surface area contributed by atoms with Gasteiger partial charge < -0.3 is 10.6 Å². The van der Waals surface area contributed by atoms with Crippen molar-refractivity contribution >= 4 is 5.82 Å². The number of pyridine rings is 1. The summed E-state index contributed by atoms with van der Waals surface area (Å²) in [6.45, 7) is 1.31.